The van der Waals surface area contributed by atoms with E-state index in [1.54, 1.807) is 0 Å². The summed E-state index contributed by atoms with van der Waals surface area (Å²) in [5.74, 6) is 0. The monoisotopic (exact) mass is 640 g/mol. The van der Waals surface area contributed by atoms with Crippen LogP contribution in [-0.4, -0.2) is 0 Å². The van der Waals surface area contributed by atoms with E-state index in [4.69, 9.17) is 0 Å². The van der Waals surface area contributed by atoms with Gasteiger partial charge in [0.1, 0.15) is 0 Å². The SMILES string of the molecule is Cc1c2ccc(N(c3ccccc3)c3cccc4ccccc34)cc2c(C)c2cc(N(c3ccccc3)c3cccc4ccccc34)ccc12. The first-order valence-corrected chi connectivity index (χ1v) is 17.3. The predicted molar refractivity (Wildman–Crippen MR) is 215 cm³/mol. The van der Waals surface area contributed by atoms with E-state index in [1.807, 2.05) is 0 Å². The third-order valence-electron chi connectivity index (χ3n) is 10.2. The second-order valence-electron chi connectivity index (χ2n) is 13.0. The fourth-order valence-corrected chi connectivity index (χ4v) is 7.72. The summed E-state index contributed by atoms with van der Waals surface area (Å²) in [4.78, 5) is 4.80. The molecular weight excluding hydrogens is 605 g/mol. The van der Waals surface area contributed by atoms with Gasteiger partial charge in [-0.2, -0.15) is 0 Å². The Bertz CT molecular complexity index is 2480. The number of hydrogen-bond acceptors (Lipinski definition) is 2. The van der Waals surface area contributed by atoms with Gasteiger partial charge < -0.3 is 9.80 Å². The largest absolute Gasteiger partial charge is 0.310 e. The highest BCUT2D eigenvalue weighted by Gasteiger charge is 2.20. The second-order valence-corrected chi connectivity index (χ2v) is 13.0. The van der Waals surface area contributed by atoms with Crippen molar-refractivity contribution in [1.82, 2.24) is 0 Å². The molecule has 0 saturated heterocycles. The molecule has 0 saturated carbocycles. The van der Waals surface area contributed by atoms with Crippen LogP contribution in [0.3, 0.4) is 0 Å². The van der Waals surface area contributed by atoms with Crippen LogP contribution in [0.4, 0.5) is 34.1 Å². The summed E-state index contributed by atoms with van der Waals surface area (Å²) in [6.45, 7) is 4.55. The predicted octanol–water partition coefficient (Wildman–Crippen LogP) is 13.9. The van der Waals surface area contributed by atoms with E-state index >= 15 is 0 Å². The number of hydrogen-bond donors (Lipinski definition) is 0. The highest BCUT2D eigenvalue weighted by Crippen LogP contribution is 2.44. The van der Waals surface area contributed by atoms with Crippen molar-refractivity contribution in [3.63, 3.8) is 0 Å². The zero-order valence-corrected chi connectivity index (χ0v) is 28.2. The van der Waals surface area contributed by atoms with E-state index in [9.17, 15) is 0 Å². The molecule has 0 amide bonds. The first-order valence-electron chi connectivity index (χ1n) is 17.3. The van der Waals surface area contributed by atoms with Crippen molar-refractivity contribution in [3.8, 4) is 0 Å². The van der Waals surface area contributed by atoms with Crippen molar-refractivity contribution in [3.05, 3.63) is 193 Å². The maximum absolute atomic E-state index is 2.40. The smallest absolute Gasteiger partial charge is 0.0540 e. The molecule has 9 rings (SSSR count). The maximum atomic E-state index is 2.40. The molecule has 0 aromatic heterocycles. The van der Waals surface area contributed by atoms with Gasteiger partial charge in [-0.05, 0) is 118 Å². The van der Waals surface area contributed by atoms with Gasteiger partial charge in [-0.3, -0.25) is 0 Å². The van der Waals surface area contributed by atoms with Gasteiger partial charge in [-0.1, -0.05) is 121 Å². The van der Waals surface area contributed by atoms with Crippen LogP contribution in [0.2, 0.25) is 0 Å². The first-order chi connectivity index (χ1) is 24.7. The van der Waals surface area contributed by atoms with Crippen LogP contribution in [0, 0.1) is 13.8 Å². The number of nitrogens with zero attached hydrogens (tertiary/aromatic N) is 2. The second kappa shape index (κ2) is 12.3. The molecule has 2 nitrogen and oxygen atoms in total. The Hall–Kier alpha value is -6.38. The van der Waals surface area contributed by atoms with E-state index in [-0.39, 0.29) is 0 Å². The summed E-state index contributed by atoms with van der Waals surface area (Å²) in [5.41, 5.74) is 9.45. The normalized spacial score (nSPS) is 11.4. The molecule has 0 unspecified atom stereocenters. The Morgan fingerprint density at radius 3 is 1.12 bits per heavy atom. The van der Waals surface area contributed by atoms with Crippen molar-refractivity contribution in [2.24, 2.45) is 0 Å². The number of fused-ring (bicyclic) bond motifs is 4. The number of anilines is 6. The Labute approximate surface area is 293 Å². The molecular formula is C48H36N2. The molecule has 0 aliphatic carbocycles. The molecule has 0 fully saturated rings. The van der Waals surface area contributed by atoms with Crippen LogP contribution in [0.5, 0.6) is 0 Å². The molecule has 238 valence electrons. The summed E-state index contributed by atoms with van der Waals surface area (Å²) in [7, 11) is 0. The highest BCUT2D eigenvalue weighted by molar-refractivity contribution is 6.09. The summed E-state index contributed by atoms with van der Waals surface area (Å²) >= 11 is 0. The number of aryl methyl sites for hydroxylation is 2. The Balaban J connectivity index is 1.26. The zero-order valence-electron chi connectivity index (χ0n) is 28.2. The maximum Gasteiger partial charge on any atom is 0.0540 e. The van der Waals surface area contributed by atoms with Gasteiger partial charge in [0, 0.05) is 33.5 Å². The lowest BCUT2D eigenvalue weighted by Gasteiger charge is -2.28. The van der Waals surface area contributed by atoms with E-state index in [1.165, 1.54) is 65.6 Å². The molecule has 0 spiro atoms. The van der Waals surface area contributed by atoms with Gasteiger partial charge in [0.05, 0.1) is 11.4 Å². The lowest BCUT2D eigenvalue weighted by Crippen LogP contribution is -2.11. The van der Waals surface area contributed by atoms with Gasteiger partial charge in [-0.25, -0.2) is 0 Å². The van der Waals surface area contributed by atoms with Gasteiger partial charge >= 0.3 is 0 Å². The minimum absolute atomic E-state index is 1.13. The Morgan fingerprint density at radius 2 is 0.660 bits per heavy atom. The molecule has 0 N–H and O–H groups in total. The average Bonchev–Trinajstić information content (AvgIpc) is 3.18. The lowest BCUT2D eigenvalue weighted by molar-refractivity contribution is 1.30. The third-order valence-corrected chi connectivity index (χ3v) is 10.2. The van der Waals surface area contributed by atoms with Crippen LogP contribution < -0.4 is 9.80 Å². The number of rotatable bonds is 6. The van der Waals surface area contributed by atoms with Crippen LogP contribution in [0.1, 0.15) is 11.1 Å². The summed E-state index contributed by atoms with van der Waals surface area (Å²) < 4.78 is 0. The quantitative estimate of drug-likeness (QED) is 0.167. The molecule has 2 heteroatoms. The van der Waals surface area contributed by atoms with E-state index in [0.717, 1.165) is 22.7 Å². The fraction of sp³-hybridized carbons (Fsp3) is 0.0417. The van der Waals surface area contributed by atoms with Crippen molar-refractivity contribution in [1.29, 1.82) is 0 Å². The van der Waals surface area contributed by atoms with Gasteiger partial charge in [-0.15, -0.1) is 0 Å². The number of para-hydroxylation sites is 2. The molecule has 50 heavy (non-hydrogen) atoms. The van der Waals surface area contributed by atoms with Gasteiger partial charge in [0.25, 0.3) is 0 Å². The average molecular weight is 641 g/mol. The van der Waals surface area contributed by atoms with Crippen LogP contribution in [0.25, 0.3) is 43.1 Å². The molecule has 9 aromatic rings. The van der Waals surface area contributed by atoms with Crippen LogP contribution in [0.15, 0.2) is 182 Å². The van der Waals surface area contributed by atoms with Crippen molar-refractivity contribution in [2.75, 3.05) is 9.80 Å². The molecule has 0 radical (unpaired) electrons. The zero-order chi connectivity index (χ0) is 33.6. The van der Waals surface area contributed by atoms with E-state index < -0.39 is 0 Å². The summed E-state index contributed by atoms with van der Waals surface area (Å²) in [5, 5.41) is 10.0. The van der Waals surface area contributed by atoms with Gasteiger partial charge in [0.15, 0.2) is 0 Å². The van der Waals surface area contributed by atoms with Crippen molar-refractivity contribution in [2.45, 2.75) is 13.8 Å². The summed E-state index contributed by atoms with van der Waals surface area (Å²) in [6, 6.07) is 65.9. The van der Waals surface area contributed by atoms with Crippen molar-refractivity contribution < 1.29 is 0 Å². The molecule has 0 heterocycles. The topological polar surface area (TPSA) is 6.48 Å². The van der Waals surface area contributed by atoms with E-state index in [0.29, 0.717) is 0 Å². The molecule has 0 bridgehead atoms. The standard InChI is InChI=1S/C48H36N2/c1-33-41-29-27-39(49(37-19-5-3-6-20-37)47-25-13-17-35-15-9-11-23-43(35)47)31-45(41)34(2)46-32-40(28-30-42(33)46)50(38-21-7-4-8-22-38)48-26-14-18-36-16-10-12-24-44(36)48/h3-32H,1-2H3. The van der Waals surface area contributed by atoms with Gasteiger partial charge in [0.2, 0.25) is 0 Å². The fourth-order valence-electron chi connectivity index (χ4n) is 7.72. The number of benzene rings is 9. The lowest BCUT2D eigenvalue weighted by atomic mass is 9.92. The molecule has 0 aliphatic heterocycles. The van der Waals surface area contributed by atoms with E-state index in [2.05, 4.69) is 206 Å². The Morgan fingerprint density at radius 1 is 0.280 bits per heavy atom. The van der Waals surface area contributed by atoms with Crippen LogP contribution >= 0.6 is 0 Å². The molecule has 0 aliphatic rings. The molecule has 9 aromatic carbocycles. The Kier molecular flexibility index (Phi) is 7.29. The summed E-state index contributed by atoms with van der Waals surface area (Å²) in [6.07, 6.45) is 0. The van der Waals surface area contributed by atoms with Crippen molar-refractivity contribution >= 4 is 77.2 Å². The third kappa shape index (κ3) is 4.96. The first kappa shape index (κ1) is 29.7. The molecule has 0 atom stereocenters. The minimum atomic E-state index is 1.13. The highest BCUT2D eigenvalue weighted by atomic mass is 15.1. The van der Waals surface area contributed by atoms with Crippen LogP contribution in [-0.2, 0) is 0 Å². The minimum Gasteiger partial charge on any atom is -0.310 e.